The van der Waals surface area contributed by atoms with Gasteiger partial charge in [0.1, 0.15) is 0 Å². The smallest absolute Gasteiger partial charge is 0.0835 e. The maximum atomic E-state index is 5.25. The summed E-state index contributed by atoms with van der Waals surface area (Å²) in [6, 6.07) is 0. The van der Waals surface area contributed by atoms with Gasteiger partial charge in [-0.25, -0.2) is 0 Å². The molecule has 1 heterocycles. The second-order valence-corrected chi connectivity index (χ2v) is 3.15. The molecule has 0 amide bonds. The van der Waals surface area contributed by atoms with Gasteiger partial charge in [0.05, 0.1) is 12.7 Å². The summed E-state index contributed by atoms with van der Waals surface area (Å²) in [5, 5.41) is 0. The Kier molecular flexibility index (Phi) is 2.34. The molecular weight excluding hydrogens is 124 g/mol. The molecule has 0 aromatic carbocycles. The summed E-state index contributed by atoms with van der Waals surface area (Å²) in [7, 11) is 0. The third-order valence-electron chi connectivity index (χ3n) is 2.00. The number of epoxide rings is 1. The lowest BCUT2D eigenvalue weighted by Crippen LogP contribution is -2.07. The minimum Gasteiger partial charge on any atom is -0.373 e. The molecule has 1 fully saturated rings. The van der Waals surface area contributed by atoms with Crippen molar-refractivity contribution in [3.63, 3.8) is 0 Å². The first-order chi connectivity index (χ1) is 4.74. The molecule has 56 valence electrons. The van der Waals surface area contributed by atoms with Crippen LogP contribution in [0.5, 0.6) is 0 Å². The van der Waals surface area contributed by atoms with Gasteiger partial charge in [0, 0.05) is 5.92 Å². The van der Waals surface area contributed by atoms with Crippen molar-refractivity contribution < 1.29 is 4.74 Å². The summed E-state index contributed by atoms with van der Waals surface area (Å²) in [5.74, 6) is 3.77. The summed E-state index contributed by atoms with van der Waals surface area (Å²) in [4.78, 5) is 0. The number of ether oxygens (including phenoxy) is 1. The maximum absolute atomic E-state index is 5.25. The summed E-state index contributed by atoms with van der Waals surface area (Å²) in [5.41, 5.74) is 0. The van der Waals surface area contributed by atoms with Crippen LogP contribution in [0.15, 0.2) is 0 Å². The van der Waals surface area contributed by atoms with E-state index in [-0.39, 0.29) is 0 Å². The highest BCUT2D eigenvalue weighted by Crippen LogP contribution is 2.25. The summed E-state index contributed by atoms with van der Waals surface area (Å²) in [6.45, 7) is 5.23. The Balaban J connectivity index is 2.17. The minimum absolute atomic E-state index is 0.402. The van der Waals surface area contributed by atoms with Gasteiger partial charge in [-0.3, -0.25) is 0 Å². The predicted octanol–water partition coefficient (Wildman–Crippen LogP) is 1.68. The van der Waals surface area contributed by atoms with Crippen LogP contribution in [0.3, 0.4) is 0 Å². The fourth-order valence-corrected chi connectivity index (χ4v) is 1.16. The largest absolute Gasteiger partial charge is 0.373 e. The lowest BCUT2D eigenvalue weighted by atomic mass is 9.96. The maximum Gasteiger partial charge on any atom is 0.0835 e. The summed E-state index contributed by atoms with van der Waals surface area (Å²) in [6.07, 6.45) is 6.86. The van der Waals surface area contributed by atoms with Crippen molar-refractivity contribution in [3.8, 4) is 12.3 Å². The first-order valence-electron chi connectivity index (χ1n) is 3.81. The van der Waals surface area contributed by atoms with Crippen LogP contribution in [-0.4, -0.2) is 12.7 Å². The van der Waals surface area contributed by atoms with Crippen molar-refractivity contribution in [3.05, 3.63) is 0 Å². The molecule has 10 heavy (non-hydrogen) atoms. The molecule has 0 aromatic heterocycles. The van der Waals surface area contributed by atoms with Crippen molar-refractivity contribution in [2.75, 3.05) is 6.61 Å². The van der Waals surface area contributed by atoms with Gasteiger partial charge in [-0.05, 0) is 12.3 Å². The SMILES string of the molecule is C#C[C@H](C)C[C@H](C)C1CO1. The van der Waals surface area contributed by atoms with Crippen LogP contribution in [-0.2, 0) is 4.74 Å². The van der Waals surface area contributed by atoms with E-state index in [9.17, 15) is 0 Å². The molecule has 1 rings (SSSR count). The lowest BCUT2D eigenvalue weighted by molar-refractivity contribution is 0.318. The predicted molar refractivity (Wildman–Crippen MR) is 41.5 cm³/mol. The molecule has 0 saturated carbocycles. The Hall–Kier alpha value is -0.480. The number of hydrogen-bond donors (Lipinski definition) is 0. The first kappa shape index (κ1) is 7.63. The van der Waals surface area contributed by atoms with E-state index in [2.05, 4.69) is 19.8 Å². The van der Waals surface area contributed by atoms with Crippen LogP contribution in [0.25, 0.3) is 0 Å². The normalized spacial score (nSPS) is 28.7. The van der Waals surface area contributed by atoms with Crippen LogP contribution >= 0.6 is 0 Å². The first-order valence-corrected chi connectivity index (χ1v) is 3.81. The lowest BCUT2D eigenvalue weighted by Gasteiger charge is -2.09. The Morgan fingerprint density at radius 3 is 2.70 bits per heavy atom. The van der Waals surface area contributed by atoms with Gasteiger partial charge in [0.2, 0.25) is 0 Å². The van der Waals surface area contributed by atoms with Crippen molar-refractivity contribution in [1.29, 1.82) is 0 Å². The average molecular weight is 138 g/mol. The molecule has 0 bridgehead atoms. The van der Waals surface area contributed by atoms with Gasteiger partial charge in [0.25, 0.3) is 0 Å². The van der Waals surface area contributed by atoms with Crippen molar-refractivity contribution in [2.24, 2.45) is 11.8 Å². The highest BCUT2D eigenvalue weighted by Gasteiger charge is 2.29. The second kappa shape index (κ2) is 3.07. The highest BCUT2D eigenvalue weighted by atomic mass is 16.6. The van der Waals surface area contributed by atoms with E-state index in [1.807, 2.05) is 0 Å². The minimum atomic E-state index is 0.402. The Bertz CT molecular complexity index is 141. The van der Waals surface area contributed by atoms with Crippen LogP contribution in [0.2, 0.25) is 0 Å². The number of rotatable bonds is 3. The molecule has 0 spiro atoms. The van der Waals surface area contributed by atoms with Gasteiger partial charge in [0.15, 0.2) is 0 Å². The third-order valence-corrected chi connectivity index (χ3v) is 2.00. The van der Waals surface area contributed by atoms with Crippen molar-refractivity contribution in [2.45, 2.75) is 26.4 Å². The molecule has 0 radical (unpaired) electrons. The van der Waals surface area contributed by atoms with E-state index >= 15 is 0 Å². The number of hydrogen-bond acceptors (Lipinski definition) is 1. The molecule has 1 nitrogen and oxygen atoms in total. The quantitative estimate of drug-likeness (QED) is 0.427. The Morgan fingerprint density at radius 1 is 1.70 bits per heavy atom. The topological polar surface area (TPSA) is 12.5 Å². The molecular formula is C9H14O. The van der Waals surface area contributed by atoms with Gasteiger partial charge in [-0.2, -0.15) is 0 Å². The zero-order valence-electron chi connectivity index (χ0n) is 6.63. The fraction of sp³-hybridized carbons (Fsp3) is 0.778. The zero-order chi connectivity index (χ0) is 7.56. The van der Waals surface area contributed by atoms with Crippen LogP contribution in [0, 0.1) is 24.2 Å². The van der Waals surface area contributed by atoms with E-state index < -0.39 is 0 Å². The molecule has 1 aliphatic heterocycles. The average Bonchev–Trinajstić information content (AvgIpc) is 2.68. The van der Waals surface area contributed by atoms with Gasteiger partial charge >= 0.3 is 0 Å². The van der Waals surface area contributed by atoms with Crippen molar-refractivity contribution in [1.82, 2.24) is 0 Å². The standard InChI is InChI=1S/C9H14O/c1-4-7(2)5-8(3)9-6-10-9/h1,7-9H,5-6H2,2-3H3/t7-,8-,9?/m0/s1. The van der Waals surface area contributed by atoms with Gasteiger partial charge < -0.3 is 4.74 Å². The van der Waals surface area contributed by atoms with Crippen LogP contribution in [0.1, 0.15) is 20.3 Å². The third kappa shape index (κ3) is 2.04. The summed E-state index contributed by atoms with van der Waals surface area (Å²) >= 11 is 0. The van der Waals surface area contributed by atoms with E-state index in [1.54, 1.807) is 0 Å². The summed E-state index contributed by atoms with van der Waals surface area (Å²) < 4.78 is 5.15. The van der Waals surface area contributed by atoms with Gasteiger partial charge in [-0.15, -0.1) is 12.3 Å². The van der Waals surface area contributed by atoms with E-state index in [4.69, 9.17) is 11.2 Å². The van der Waals surface area contributed by atoms with E-state index in [0.717, 1.165) is 13.0 Å². The van der Waals surface area contributed by atoms with E-state index in [0.29, 0.717) is 17.9 Å². The second-order valence-electron chi connectivity index (χ2n) is 3.15. The van der Waals surface area contributed by atoms with Crippen molar-refractivity contribution >= 4 is 0 Å². The molecule has 0 N–H and O–H groups in total. The molecule has 1 aliphatic rings. The molecule has 1 heteroatoms. The molecule has 3 atom stereocenters. The van der Waals surface area contributed by atoms with E-state index in [1.165, 1.54) is 0 Å². The molecule has 0 aliphatic carbocycles. The number of terminal acetylenes is 1. The molecule has 0 aromatic rings. The van der Waals surface area contributed by atoms with Crippen LogP contribution < -0.4 is 0 Å². The van der Waals surface area contributed by atoms with Crippen LogP contribution in [0.4, 0.5) is 0 Å². The molecule has 1 unspecified atom stereocenters. The monoisotopic (exact) mass is 138 g/mol. The Morgan fingerprint density at radius 2 is 2.30 bits per heavy atom. The zero-order valence-corrected chi connectivity index (χ0v) is 6.63. The highest BCUT2D eigenvalue weighted by molar-refractivity contribution is 4.92. The molecule has 1 saturated heterocycles. The Labute approximate surface area is 62.8 Å². The fourth-order valence-electron chi connectivity index (χ4n) is 1.16. The van der Waals surface area contributed by atoms with Gasteiger partial charge in [-0.1, -0.05) is 13.8 Å².